The van der Waals surface area contributed by atoms with Crippen LogP contribution in [0.2, 0.25) is 0 Å². The Labute approximate surface area is 225 Å². The van der Waals surface area contributed by atoms with E-state index in [4.69, 9.17) is 11.5 Å². The lowest BCUT2D eigenvalue weighted by Gasteiger charge is -2.49. The van der Waals surface area contributed by atoms with Crippen LogP contribution >= 0.6 is 0 Å². The van der Waals surface area contributed by atoms with E-state index in [0.29, 0.717) is 5.56 Å². The van der Waals surface area contributed by atoms with Crippen LogP contribution in [0.5, 0.6) is 0 Å². The first-order chi connectivity index (χ1) is 18.3. The van der Waals surface area contributed by atoms with E-state index in [-0.39, 0.29) is 55.1 Å². The highest BCUT2D eigenvalue weighted by Crippen LogP contribution is 2.45. The molecule has 0 saturated carbocycles. The average Bonchev–Trinajstić information content (AvgIpc) is 3.46. The van der Waals surface area contributed by atoms with Crippen molar-refractivity contribution >= 4 is 29.6 Å². The topological polar surface area (TPSA) is 199 Å². The lowest BCUT2D eigenvalue weighted by molar-refractivity contribution is -0.230. The summed E-state index contributed by atoms with van der Waals surface area (Å²) in [7, 11) is 0. The number of nitrogens with zero attached hydrogens (tertiary/aromatic N) is 4. The zero-order valence-electron chi connectivity index (χ0n) is 22.0. The van der Waals surface area contributed by atoms with Crippen molar-refractivity contribution in [3.05, 3.63) is 34.9 Å². The molecule has 2 fully saturated rings. The Morgan fingerprint density at radius 2 is 1.87 bits per heavy atom. The average molecular weight is 539 g/mol. The summed E-state index contributed by atoms with van der Waals surface area (Å²) in [4.78, 5) is 49.6. The van der Waals surface area contributed by atoms with Crippen LogP contribution in [0.1, 0.15) is 54.6 Å². The molecule has 1 aliphatic carbocycles. The predicted octanol–water partition coefficient (Wildman–Crippen LogP) is -1.87. The van der Waals surface area contributed by atoms with E-state index in [2.05, 4.69) is 34.5 Å². The monoisotopic (exact) mass is 538 g/mol. The van der Waals surface area contributed by atoms with Gasteiger partial charge in [-0.05, 0) is 41.9 Å². The van der Waals surface area contributed by atoms with Gasteiger partial charge in [-0.1, -0.05) is 26.0 Å². The molecule has 13 nitrogen and oxygen atoms in total. The Bertz CT molecular complexity index is 1320. The van der Waals surface area contributed by atoms with Crippen LogP contribution in [0, 0.1) is 5.41 Å². The summed E-state index contributed by atoms with van der Waals surface area (Å²) in [5.74, 6) is -3.82. The van der Waals surface area contributed by atoms with Gasteiger partial charge in [0.2, 0.25) is 17.6 Å². The lowest BCUT2D eigenvalue weighted by Crippen LogP contribution is -2.78. The highest BCUT2D eigenvalue weighted by Gasteiger charge is 2.73. The molecule has 5 aliphatic rings. The minimum atomic E-state index is -2.61. The summed E-state index contributed by atoms with van der Waals surface area (Å²) >= 11 is 0. The Hall–Kier alpha value is -3.71. The van der Waals surface area contributed by atoms with Gasteiger partial charge in [-0.15, -0.1) is 0 Å². The fourth-order valence-corrected chi connectivity index (χ4v) is 6.82. The highest BCUT2D eigenvalue weighted by molar-refractivity contribution is 6.02. The SMILES string of the molecule is CC1(C)CCc2cccc(C(=O)NC3CN4C(N)=N[C@@H](CN5C(=O)CCC5=O)[C@@H]5N=C(N)N[C@@]54C3(O)O)c2C1. The van der Waals surface area contributed by atoms with Crippen molar-refractivity contribution in [2.75, 3.05) is 13.1 Å². The molecule has 0 radical (unpaired) electrons. The molecule has 39 heavy (non-hydrogen) atoms. The van der Waals surface area contributed by atoms with Gasteiger partial charge in [0.15, 0.2) is 17.6 Å². The minimum absolute atomic E-state index is 0.0436. The Morgan fingerprint density at radius 3 is 2.59 bits per heavy atom. The number of amides is 3. The van der Waals surface area contributed by atoms with Crippen molar-refractivity contribution in [2.45, 2.75) is 75.5 Å². The number of aliphatic imine (C=N–C) groups is 2. The van der Waals surface area contributed by atoms with Crippen molar-refractivity contribution < 1.29 is 24.6 Å². The molecule has 1 aromatic carbocycles. The van der Waals surface area contributed by atoms with Gasteiger partial charge >= 0.3 is 0 Å². The molecule has 4 aliphatic heterocycles. The molecule has 208 valence electrons. The zero-order valence-corrected chi connectivity index (χ0v) is 22.0. The molecule has 2 saturated heterocycles. The second-order valence-electron chi connectivity index (χ2n) is 12.0. The Balaban J connectivity index is 1.31. The second-order valence-corrected chi connectivity index (χ2v) is 12.0. The molecular weight excluding hydrogens is 504 g/mol. The molecule has 3 amide bonds. The van der Waals surface area contributed by atoms with E-state index < -0.39 is 35.5 Å². The maximum absolute atomic E-state index is 13.6. The number of fused-ring (bicyclic) bond motifs is 1. The molecule has 1 aromatic rings. The van der Waals surface area contributed by atoms with E-state index in [1.165, 1.54) is 4.90 Å². The smallest absolute Gasteiger partial charge is 0.252 e. The van der Waals surface area contributed by atoms with Gasteiger partial charge in [-0.25, -0.2) is 9.98 Å². The van der Waals surface area contributed by atoms with Crippen LogP contribution in [0.4, 0.5) is 0 Å². The molecule has 8 N–H and O–H groups in total. The van der Waals surface area contributed by atoms with E-state index in [1.807, 2.05) is 12.1 Å². The number of hydrogen-bond acceptors (Lipinski definition) is 11. The van der Waals surface area contributed by atoms with Crippen molar-refractivity contribution in [3.63, 3.8) is 0 Å². The van der Waals surface area contributed by atoms with Crippen LogP contribution in [0.25, 0.3) is 0 Å². The number of nitrogens with two attached hydrogens (primary N) is 2. The van der Waals surface area contributed by atoms with Crippen molar-refractivity contribution in [1.82, 2.24) is 20.4 Å². The highest BCUT2D eigenvalue weighted by atomic mass is 16.5. The molecule has 6 rings (SSSR count). The number of carbonyl (C=O) groups is 3. The van der Waals surface area contributed by atoms with E-state index in [0.717, 1.165) is 35.3 Å². The normalized spacial score (nSPS) is 32.2. The maximum atomic E-state index is 13.6. The third kappa shape index (κ3) is 3.70. The van der Waals surface area contributed by atoms with E-state index >= 15 is 0 Å². The van der Waals surface area contributed by atoms with Crippen LogP contribution in [0.15, 0.2) is 28.2 Å². The standard InChI is InChI=1S/C26H34N8O5/c1-24(2)9-8-13-4-3-5-14(15(13)10-24)21(37)30-17-12-34-23(28)29-16(11-33-18(35)6-7-19(33)36)20-25(34,26(17,38)39)32-22(27)31-20/h3-5,16-17,20,38-39H,6-12H2,1-2H3,(H2,28,29)(H,30,37)(H3,27,31,32)/t16-,17?,20-,25-/m0/s1. The molecule has 0 aromatic heterocycles. The quantitative estimate of drug-likeness (QED) is 0.188. The summed E-state index contributed by atoms with van der Waals surface area (Å²) in [6, 6.07) is 2.54. The number of imide groups is 1. The fourth-order valence-electron chi connectivity index (χ4n) is 6.82. The van der Waals surface area contributed by atoms with Gasteiger partial charge in [0.05, 0.1) is 12.6 Å². The molecule has 13 heteroatoms. The molecule has 4 heterocycles. The van der Waals surface area contributed by atoms with Crippen LogP contribution < -0.4 is 22.1 Å². The summed E-state index contributed by atoms with van der Waals surface area (Å²) in [5.41, 5.74) is 13.2. The first kappa shape index (κ1) is 25.6. The number of aliphatic hydroxyl groups is 2. The van der Waals surface area contributed by atoms with Crippen molar-refractivity contribution in [3.8, 4) is 0 Å². The van der Waals surface area contributed by atoms with Crippen molar-refractivity contribution in [2.24, 2.45) is 26.9 Å². The second kappa shape index (κ2) is 8.39. The molecule has 0 bridgehead atoms. The predicted molar refractivity (Wildman–Crippen MR) is 140 cm³/mol. The van der Waals surface area contributed by atoms with Crippen LogP contribution in [-0.2, 0) is 22.4 Å². The first-order valence-electron chi connectivity index (χ1n) is 13.3. The molecular formula is C26H34N8O5. The summed E-state index contributed by atoms with van der Waals surface area (Å²) < 4.78 is 0. The number of hydrogen-bond donors (Lipinski definition) is 6. The van der Waals surface area contributed by atoms with Crippen molar-refractivity contribution in [1.29, 1.82) is 0 Å². The molecule has 4 atom stereocenters. The van der Waals surface area contributed by atoms with Gasteiger partial charge in [-0.3, -0.25) is 19.3 Å². The van der Waals surface area contributed by atoms with Crippen LogP contribution in [0.3, 0.4) is 0 Å². The maximum Gasteiger partial charge on any atom is 0.252 e. The van der Waals surface area contributed by atoms with E-state index in [1.54, 1.807) is 6.07 Å². The fraction of sp³-hybridized carbons (Fsp3) is 0.577. The first-order valence-corrected chi connectivity index (χ1v) is 13.3. The number of carbonyl (C=O) groups excluding carboxylic acids is 3. The lowest BCUT2D eigenvalue weighted by atomic mass is 9.73. The molecule has 1 unspecified atom stereocenters. The largest absolute Gasteiger partial charge is 0.370 e. The number of likely N-dealkylation sites (tertiary alicyclic amines) is 1. The Kier molecular flexibility index (Phi) is 5.50. The van der Waals surface area contributed by atoms with Gasteiger partial charge in [0, 0.05) is 24.9 Å². The molecule has 1 spiro atoms. The number of nitrogens with one attached hydrogen (secondary N) is 2. The summed E-state index contributed by atoms with van der Waals surface area (Å²) in [6.07, 6.45) is 2.83. The van der Waals surface area contributed by atoms with Crippen LogP contribution in [-0.4, -0.2) is 92.3 Å². The minimum Gasteiger partial charge on any atom is -0.370 e. The van der Waals surface area contributed by atoms with E-state index in [9.17, 15) is 24.6 Å². The number of rotatable bonds is 4. The number of aryl methyl sites for hydroxylation is 1. The van der Waals surface area contributed by atoms with Gasteiger partial charge in [0.1, 0.15) is 12.1 Å². The number of guanidine groups is 2. The summed E-state index contributed by atoms with van der Waals surface area (Å²) in [5, 5.41) is 29.1. The summed E-state index contributed by atoms with van der Waals surface area (Å²) in [6.45, 7) is 4.12. The van der Waals surface area contributed by atoms with Gasteiger partial charge in [0.25, 0.3) is 5.91 Å². The third-order valence-corrected chi connectivity index (χ3v) is 8.88. The Morgan fingerprint density at radius 1 is 1.15 bits per heavy atom. The third-order valence-electron chi connectivity index (χ3n) is 8.88. The zero-order chi connectivity index (χ0) is 27.9. The van der Waals surface area contributed by atoms with Gasteiger partial charge < -0.3 is 37.2 Å². The van der Waals surface area contributed by atoms with Gasteiger partial charge in [-0.2, -0.15) is 0 Å². The number of benzene rings is 1.